The number of amides is 1. The number of hydrogen-bond donors (Lipinski definition) is 1. The zero-order valence-corrected chi connectivity index (χ0v) is 17.0. The standard InChI is InChI=1S/C21H25ClN2O4/c1-4-24(12-16-13-27-19-7-5-6-8-20(19)28-16)14(2)21(25)23-17-11-15(22)9-10-18(17)26-3/h5-11,14,16H,4,12-13H2,1-3H3,(H,23,25). The molecule has 0 spiro atoms. The van der Waals surface area contributed by atoms with E-state index in [0.717, 1.165) is 11.5 Å². The normalized spacial score (nSPS) is 16.5. The Balaban J connectivity index is 1.64. The summed E-state index contributed by atoms with van der Waals surface area (Å²) in [5.41, 5.74) is 0.550. The van der Waals surface area contributed by atoms with Crippen LogP contribution in [0.5, 0.6) is 17.2 Å². The van der Waals surface area contributed by atoms with Crippen molar-refractivity contribution in [1.82, 2.24) is 4.90 Å². The molecule has 3 rings (SSSR count). The van der Waals surface area contributed by atoms with Crippen molar-refractivity contribution in [3.8, 4) is 17.2 Å². The van der Waals surface area contributed by atoms with Crippen LogP contribution in [0.4, 0.5) is 5.69 Å². The van der Waals surface area contributed by atoms with Gasteiger partial charge < -0.3 is 19.5 Å². The van der Waals surface area contributed by atoms with Crippen LogP contribution in [0.1, 0.15) is 13.8 Å². The van der Waals surface area contributed by atoms with E-state index in [-0.39, 0.29) is 18.1 Å². The Kier molecular flexibility index (Phi) is 6.65. The lowest BCUT2D eigenvalue weighted by molar-refractivity contribution is -0.121. The predicted molar refractivity (Wildman–Crippen MR) is 110 cm³/mol. The van der Waals surface area contributed by atoms with Crippen LogP contribution in [-0.4, -0.2) is 49.8 Å². The van der Waals surface area contributed by atoms with Gasteiger partial charge in [-0.3, -0.25) is 9.69 Å². The van der Waals surface area contributed by atoms with Crippen molar-refractivity contribution in [3.63, 3.8) is 0 Å². The number of nitrogens with zero attached hydrogens (tertiary/aromatic N) is 1. The van der Waals surface area contributed by atoms with Crippen LogP contribution in [-0.2, 0) is 4.79 Å². The van der Waals surface area contributed by atoms with Crippen LogP contribution in [0.3, 0.4) is 0 Å². The van der Waals surface area contributed by atoms with Gasteiger partial charge in [-0.15, -0.1) is 0 Å². The molecule has 2 atom stereocenters. The molecule has 0 saturated heterocycles. The molecule has 2 aromatic rings. The van der Waals surface area contributed by atoms with Crippen molar-refractivity contribution in [2.45, 2.75) is 26.0 Å². The Labute approximate surface area is 170 Å². The summed E-state index contributed by atoms with van der Waals surface area (Å²) in [5.74, 6) is 1.91. The van der Waals surface area contributed by atoms with Gasteiger partial charge in [0.1, 0.15) is 18.5 Å². The third-order valence-corrected chi connectivity index (χ3v) is 4.99. The molecule has 0 bridgehead atoms. The van der Waals surface area contributed by atoms with Crippen molar-refractivity contribution in [2.75, 3.05) is 32.1 Å². The summed E-state index contributed by atoms with van der Waals surface area (Å²) >= 11 is 6.05. The lowest BCUT2D eigenvalue weighted by Crippen LogP contribution is -2.48. The SMILES string of the molecule is CCN(CC1COc2ccccc2O1)C(C)C(=O)Nc1cc(Cl)ccc1OC. The monoisotopic (exact) mass is 404 g/mol. The number of halogens is 1. The number of likely N-dealkylation sites (N-methyl/N-ethyl adjacent to an activating group) is 1. The fourth-order valence-electron chi connectivity index (χ4n) is 3.16. The highest BCUT2D eigenvalue weighted by atomic mass is 35.5. The highest BCUT2D eigenvalue weighted by Gasteiger charge is 2.27. The molecular weight excluding hydrogens is 380 g/mol. The van der Waals surface area contributed by atoms with E-state index in [2.05, 4.69) is 5.32 Å². The van der Waals surface area contributed by atoms with Crippen LogP contribution >= 0.6 is 11.6 Å². The van der Waals surface area contributed by atoms with Crippen LogP contribution in [0, 0.1) is 0 Å². The lowest BCUT2D eigenvalue weighted by Gasteiger charge is -2.33. The maximum Gasteiger partial charge on any atom is 0.241 e. The van der Waals surface area contributed by atoms with Crippen molar-refractivity contribution in [3.05, 3.63) is 47.5 Å². The van der Waals surface area contributed by atoms with Gasteiger partial charge in [0.25, 0.3) is 0 Å². The maximum absolute atomic E-state index is 12.8. The topological polar surface area (TPSA) is 60.0 Å². The molecule has 150 valence electrons. The summed E-state index contributed by atoms with van der Waals surface area (Å²) in [7, 11) is 1.55. The number of hydrogen-bond acceptors (Lipinski definition) is 5. The van der Waals surface area contributed by atoms with E-state index in [9.17, 15) is 4.79 Å². The Morgan fingerprint density at radius 2 is 2.07 bits per heavy atom. The number of rotatable bonds is 7. The van der Waals surface area contributed by atoms with Gasteiger partial charge in [-0.05, 0) is 43.8 Å². The number of para-hydroxylation sites is 2. The Hall–Kier alpha value is -2.44. The van der Waals surface area contributed by atoms with Gasteiger partial charge in [-0.2, -0.15) is 0 Å². The second-order valence-electron chi connectivity index (χ2n) is 6.59. The van der Waals surface area contributed by atoms with Crippen LogP contribution < -0.4 is 19.5 Å². The van der Waals surface area contributed by atoms with Crippen LogP contribution in [0.2, 0.25) is 5.02 Å². The zero-order valence-electron chi connectivity index (χ0n) is 16.3. The highest BCUT2D eigenvalue weighted by molar-refractivity contribution is 6.31. The molecule has 7 heteroatoms. The van der Waals surface area contributed by atoms with Crippen molar-refractivity contribution in [2.24, 2.45) is 0 Å². The molecular formula is C21H25ClN2O4. The number of benzene rings is 2. The summed E-state index contributed by atoms with van der Waals surface area (Å²) < 4.78 is 17.1. The summed E-state index contributed by atoms with van der Waals surface area (Å²) in [5, 5.41) is 3.44. The maximum atomic E-state index is 12.8. The molecule has 0 aliphatic carbocycles. The number of fused-ring (bicyclic) bond motifs is 1. The second kappa shape index (κ2) is 9.17. The molecule has 6 nitrogen and oxygen atoms in total. The van der Waals surface area contributed by atoms with E-state index in [0.29, 0.717) is 36.2 Å². The molecule has 2 aromatic carbocycles. The third-order valence-electron chi connectivity index (χ3n) is 4.76. The van der Waals surface area contributed by atoms with E-state index >= 15 is 0 Å². The van der Waals surface area contributed by atoms with E-state index in [4.69, 9.17) is 25.8 Å². The first kappa shape index (κ1) is 20.3. The van der Waals surface area contributed by atoms with Crippen molar-refractivity contribution >= 4 is 23.2 Å². The molecule has 1 N–H and O–H groups in total. The quantitative estimate of drug-likeness (QED) is 0.759. The smallest absolute Gasteiger partial charge is 0.241 e. The third kappa shape index (κ3) is 4.69. The summed E-state index contributed by atoms with van der Waals surface area (Å²) in [4.78, 5) is 14.9. The van der Waals surface area contributed by atoms with Crippen LogP contribution in [0.25, 0.3) is 0 Å². The molecule has 0 radical (unpaired) electrons. The largest absolute Gasteiger partial charge is 0.495 e. The molecule has 1 aliphatic heterocycles. The molecule has 28 heavy (non-hydrogen) atoms. The summed E-state index contributed by atoms with van der Waals surface area (Å²) in [6.45, 7) is 5.60. The number of carbonyl (C=O) groups is 1. The van der Waals surface area contributed by atoms with Gasteiger partial charge in [-0.25, -0.2) is 0 Å². The van der Waals surface area contributed by atoms with E-state index in [1.807, 2.05) is 43.0 Å². The average Bonchev–Trinajstić information content (AvgIpc) is 2.71. The Bertz CT molecular complexity index is 830. The minimum absolute atomic E-state index is 0.139. The van der Waals surface area contributed by atoms with Gasteiger partial charge in [0.2, 0.25) is 5.91 Å². The Morgan fingerprint density at radius 3 is 2.79 bits per heavy atom. The molecule has 1 heterocycles. The predicted octanol–water partition coefficient (Wildman–Crippen LogP) is 3.84. The molecule has 0 aromatic heterocycles. The molecule has 1 amide bonds. The van der Waals surface area contributed by atoms with E-state index in [1.54, 1.807) is 25.3 Å². The second-order valence-corrected chi connectivity index (χ2v) is 7.03. The van der Waals surface area contributed by atoms with Crippen molar-refractivity contribution in [1.29, 1.82) is 0 Å². The van der Waals surface area contributed by atoms with Gasteiger partial charge in [0.05, 0.1) is 18.8 Å². The summed E-state index contributed by atoms with van der Waals surface area (Å²) in [6, 6.07) is 12.4. The number of carbonyl (C=O) groups excluding carboxylic acids is 1. The van der Waals surface area contributed by atoms with Gasteiger partial charge in [-0.1, -0.05) is 30.7 Å². The average molecular weight is 405 g/mol. The fraction of sp³-hybridized carbons (Fsp3) is 0.381. The molecule has 2 unspecified atom stereocenters. The number of anilines is 1. The molecule has 1 aliphatic rings. The fourth-order valence-corrected chi connectivity index (χ4v) is 3.33. The Morgan fingerprint density at radius 1 is 1.32 bits per heavy atom. The number of ether oxygens (including phenoxy) is 3. The van der Waals surface area contributed by atoms with Gasteiger partial charge in [0, 0.05) is 11.6 Å². The van der Waals surface area contributed by atoms with Gasteiger partial charge >= 0.3 is 0 Å². The lowest BCUT2D eigenvalue weighted by atomic mass is 10.2. The summed E-state index contributed by atoms with van der Waals surface area (Å²) in [6.07, 6.45) is -0.147. The molecule has 0 saturated carbocycles. The first-order valence-corrected chi connectivity index (χ1v) is 9.66. The first-order chi connectivity index (χ1) is 13.5. The minimum Gasteiger partial charge on any atom is -0.495 e. The van der Waals surface area contributed by atoms with E-state index in [1.165, 1.54) is 0 Å². The number of methoxy groups -OCH3 is 1. The molecule has 0 fully saturated rings. The van der Waals surface area contributed by atoms with E-state index < -0.39 is 0 Å². The minimum atomic E-state index is -0.366. The van der Waals surface area contributed by atoms with Crippen LogP contribution in [0.15, 0.2) is 42.5 Å². The van der Waals surface area contributed by atoms with Gasteiger partial charge in [0.15, 0.2) is 11.5 Å². The number of nitrogens with one attached hydrogen (secondary N) is 1. The first-order valence-electron chi connectivity index (χ1n) is 9.28. The highest BCUT2D eigenvalue weighted by Crippen LogP contribution is 2.31. The van der Waals surface area contributed by atoms with Crippen molar-refractivity contribution < 1.29 is 19.0 Å². The zero-order chi connectivity index (χ0) is 20.1.